The highest BCUT2D eigenvalue weighted by Gasteiger charge is 2.28. The number of hydrogen-bond acceptors (Lipinski definition) is 3. The molecule has 1 aromatic heterocycles. The Bertz CT molecular complexity index is 588. The summed E-state index contributed by atoms with van der Waals surface area (Å²) < 4.78 is 1.03. The minimum absolute atomic E-state index is 0.0908. The lowest BCUT2D eigenvalue weighted by Crippen LogP contribution is -2.45. The maximum absolute atomic E-state index is 12.1. The number of hydrogen-bond donors (Lipinski definition) is 1. The standard InChI is InChI=1S/C14H19Cl2N3O2/c1-8-4-3-5-11(9(8)2)18-12(20)7-19-14(21)13(16)10(15)6-17-19/h6,8-9,11H,3-5,7H2,1-2H3,(H,18,20)/t8-,9+,11-/m1/s1. The van der Waals surface area contributed by atoms with Crippen LogP contribution in [0.4, 0.5) is 0 Å². The van der Waals surface area contributed by atoms with Gasteiger partial charge in [-0.05, 0) is 18.3 Å². The predicted octanol–water partition coefficient (Wildman–Crippen LogP) is 2.49. The van der Waals surface area contributed by atoms with Crippen molar-refractivity contribution in [1.82, 2.24) is 15.1 Å². The lowest BCUT2D eigenvalue weighted by atomic mass is 9.78. The van der Waals surface area contributed by atoms with Crippen LogP contribution in [-0.4, -0.2) is 21.7 Å². The number of aromatic nitrogens is 2. The lowest BCUT2D eigenvalue weighted by molar-refractivity contribution is -0.123. The van der Waals surface area contributed by atoms with E-state index in [0.29, 0.717) is 11.8 Å². The van der Waals surface area contributed by atoms with Gasteiger partial charge in [0.15, 0.2) is 0 Å². The van der Waals surface area contributed by atoms with Crippen molar-refractivity contribution >= 4 is 29.1 Å². The maximum Gasteiger partial charge on any atom is 0.287 e. The van der Waals surface area contributed by atoms with Gasteiger partial charge in [0.25, 0.3) is 5.56 Å². The van der Waals surface area contributed by atoms with Crippen LogP contribution in [0.25, 0.3) is 0 Å². The van der Waals surface area contributed by atoms with E-state index in [1.54, 1.807) is 0 Å². The van der Waals surface area contributed by atoms with Gasteiger partial charge in [0.1, 0.15) is 11.6 Å². The third-order valence-corrected chi connectivity index (χ3v) is 5.04. The molecule has 1 saturated carbocycles. The number of rotatable bonds is 3. The van der Waals surface area contributed by atoms with Crippen molar-refractivity contribution in [2.24, 2.45) is 11.8 Å². The average Bonchev–Trinajstić information content (AvgIpc) is 2.45. The summed E-state index contributed by atoms with van der Waals surface area (Å²) in [5.74, 6) is 0.796. The quantitative estimate of drug-likeness (QED) is 0.925. The molecule has 0 unspecified atom stereocenters. The first-order chi connectivity index (χ1) is 9.90. The van der Waals surface area contributed by atoms with Gasteiger partial charge in [-0.1, -0.05) is 49.9 Å². The van der Waals surface area contributed by atoms with Gasteiger partial charge in [0.05, 0.1) is 11.2 Å². The SMILES string of the molecule is C[C@H]1[C@H](C)CCC[C@H]1NC(=O)Cn1ncc(Cl)c(Cl)c1=O. The molecular formula is C14H19Cl2N3O2. The van der Waals surface area contributed by atoms with Crippen molar-refractivity contribution in [2.75, 3.05) is 0 Å². The van der Waals surface area contributed by atoms with Gasteiger partial charge in [-0.3, -0.25) is 9.59 Å². The van der Waals surface area contributed by atoms with Gasteiger partial charge >= 0.3 is 0 Å². The van der Waals surface area contributed by atoms with E-state index in [1.807, 2.05) is 0 Å². The lowest BCUT2D eigenvalue weighted by Gasteiger charge is -2.34. The Balaban J connectivity index is 2.02. The van der Waals surface area contributed by atoms with Crippen LogP contribution in [0.3, 0.4) is 0 Å². The van der Waals surface area contributed by atoms with Crippen molar-refractivity contribution in [3.63, 3.8) is 0 Å². The second kappa shape index (κ2) is 6.79. The molecule has 0 aromatic carbocycles. The Morgan fingerprint density at radius 3 is 2.86 bits per heavy atom. The van der Waals surface area contributed by atoms with E-state index in [0.717, 1.165) is 17.5 Å². The molecule has 0 radical (unpaired) electrons. The number of nitrogens with one attached hydrogen (secondary N) is 1. The van der Waals surface area contributed by atoms with E-state index in [4.69, 9.17) is 23.2 Å². The van der Waals surface area contributed by atoms with E-state index < -0.39 is 5.56 Å². The molecule has 1 aliphatic rings. The van der Waals surface area contributed by atoms with Crippen LogP contribution in [0.15, 0.2) is 11.0 Å². The van der Waals surface area contributed by atoms with Gasteiger partial charge in [0.2, 0.25) is 5.91 Å². The van der Waals surface area contributed by atoms with Crippen molar-refractivity contribution in [1.29, 1.82) is 0 Å². The molecule has 1 aromatic rings. The highest BCUT2D eigenvalue weighted by molar-refractivity contribution is 6.41. The fourth-order valence-corrected chi connectivity index (χ4v) is 3.00. The molecule has 5 nitrogen and oxygen atoms in total. The van der Waals surface area contributed by atoms with E-state index in [9.17, 15) is 9.59 Å². The molecule has 1 heterocycles. The second-order valence-electron chi connectivity index (χ2n) is 5.71. The van der Waals surface area contributed by atoms with Crippen LogP contribution >= 0.6 is 23.2 Å². The minimum Gasteiger partial charge on any atom is -0.351 e. The van der Waals surface area contributed by atoms with Gasteiger partial charge < -0.3 is 5.32 Å². The molecule has 21 heavy (non-hydrogen) atoms. The molecule has 116 valence electrons. The number of carbonyl (C=O) groups is 1. The summed E-state index contributed by atoms with van der Waals surface area (Å²) >= 11 is 11.5. The molecule has 0 aliphatic heterocycles. The molecule has 1 amide bonds. The van der Waals surface area contributed by atoms with Gasteiger partial charge in [-0.15, -0.1) is 0 Å². The molecule has 1 aliphatic carbocycles. The zero-order chi connectivity index (χ0) is 15.6. The summed E-state index contributed by atoms with van der Waals surface area (Å²) in [6, 6.07) is 0.153. The van der Waals surface area contributed by atoms with Gasteiger partial charge in [-0.2, -0.15) is 5.10 Å². The number of carbonyl (C=O) groups excluding carboxylic acids is 1. The molecule has 1 fully saturated rings. The first-order valence-electron chi connectivity index (χ1n) is 7.10. The minimum atomic E-state index is -0.552. The maximum atomic E-state index is 12.1. The van der Waals surface area contributed by atoms with Crippen LogP contribution in [0.5, 0.6) is 0 Å². The number of halogens is 2. The first kappa shape index (κ1) is 16.3. The number of amides is 1. The monoisotopic (exact) mass is 331 g/mol. The Morgan fingerprint density at radius 2 is 2.14 bits per heavy atom. The summed E-state index contributed by atoms with van der Waals surface area (Å²) in [6.07, 6.45) is 4.55. The van der Waals surface area contributed by atoms with Crippen LogP contribution in [0, 0.1) is 11.8 Å². The molecule has 0 bridgehead atoms. The predicted molar refractivity (Wildman–Crippen MR) is 82.6 cm³/mol. The summed E-state index contributed by atoms with van der Waals surface area (Å²) in [6.45, 7) is 4.21. The third-order valence-electron chi connectivity index (χ3n) is 4.29. The van der Waals surface area contributed by atoms with Crippen molar-refractivity contribution < 1.29 is 4.79 Å². The van der Waals surface area contributed by atoms with E-state index in [-0.39, 0.29) is 28.5 Å². The average molecular weight is 332 g/mol. The molecular weight excluding hydrogens is 313 g/mol. The normalized spacial score (nSPS) is 25.6. The Hall–Kier alpha value is -1.07. The Kier molecular flexibility index (Phi) is 5.27. The summed E-state index contributed by atoms with van der Waals surface area (Å²) in [4.78, 5) is 23.9. The molecule has 3 atom stereocenters. The van der Waals surface area contributed by atoms with Gasteiger partial charge in [-0.25, -0.2) is 4.68 Å². The van der Waals surface area contributed by atoms with E-state index in [1.165, 1.54) is 12.6 Å². The smallest absolute Gasteiger partial charge is 0.287 e. The molecule has 1 N–H and O–H groups in total. The highest BCUT2D eigenvalue weighted by atomic mass is 35.5. The summed E-state index contributed by atoms with van der Waals surface area (Å²) in [7, 11) is 0. The molecule has 2 rings (SSSR count). The number of nitrogens with zero attached hydrogens (tertiary/aromatic N) is 2. The van der Waals surface area contributed by atoms with Crippen molar-refractivity contribution in [3.8, 4) is 0 Å². The zero-order valence-corrected chi connectivity index (χ0v) is 13.6. The fourth-order valence-electron chi connectivity index (χ4n) is 2.73. The highest BCUT2D eigenvalue weighted by Crippen LogP contribution is 2.29. The largest absolute Gasteiger partial charge is 0.351 e. The summed E-state index contributed by atoms with van der Waals surface area (Å²) in [5.41, 5.74) is -0.552. The van der Waals surface area contributed by atoms with E-state index in [2.05, 4.69) is 24.3 Å². The molecule has 0 saturated heterocycles. The molecule has 0 spiro atoms. The topological polar surface area (TPSA) is 64.0 Å². The molecule has 7 heteroatoms. The van der Waals surface area contributed by atoms with Crippen LogP contribution < -0.4 is 10.9 Å². The Morgan fingerprint density at radius 1 is 1.43 bits per heavy atom. The van der Waals surface area contributed by atoms with Crippen molar-refractivity contribution in [3.05, 3.63) is 26.6 Å². The zero-order valence-electron chi connectivity index (χ0n) is 12.1. The van der Waals surface area contributed by atoms with Crippen molar-refractivity contribution in [2.45, 2.75) is 45.7 Å². The van der Waals surface area contributed by atoms with E-state index >= 15 is 0 Å². The van der Waals surface area contributed by atoms with Crippen LogP contribution in [0.1, 0.15) is 33.1 Å². The van der Waals surface area contributed by atoms with Gasteiger partial charge in [0, 0.05) is 6.04 Å². The van der Waals surface area contributed by atoms with Crippen LogP contribution in [0.2, 0.25) is 10.0 Å². The second-order valence-corrected chi connectivity index (χ2v) is 6.50. The first-order valence-corrected chi connectivity index (χ1v) is 7.86. The fraction of sp³-hybridized carbons (Fsp3) is 0.643. The van der Waals surface area contributed by atoms with Crippen LogP contribution in [-0.2, 0) is 11.3 Å². The Labute approximate surface area is 133 Å². The third kappa shape index (κ3) is 3.77. The summed E-state index contributed by atoms with van der Waals surface area (Å²) in [5, 5.41) is 6.81.